The van der Waals surface area contributed by atoms with Crippen LogP contribution in [-0.2, 0) is 6.42 Å². The Hall–Kier alpha value is -1.85. The maximum Gasteiger partial charge on any atom is 0.335 e. The number of aromatic carboxylic acids is 1. The van der Waals surface area contributed by atoms with Gasteiger partial charge in [-0.2, -0.15) is 0 Å². The fraction of sp³-hybridized carbons (Fsp3) is 0.591. The van der Waals surface area contributed by atoms with Gasteiger partial charge in [0.15, 0.2) is 0 Å². The van der Waals surface area contributed by atoms with Gasteiger partial charge in [-0.3, -0.25) is 0 Å². The molecule has 0 saturated carbocycles. The van der Waals surface area contributed by atoms with Crippen LogP contribution in [0.1, 0.15) is 61.9 Å². The molecule has 1 aromatic rings. The standard InChI is InChI=1S/C22H34N2O3/c1-4-6-17(2)21(25)7-5-14-23-15-12-18(3)24(23)16-13-19-8-10-20(11-9-19)22(26)27/h8-11,17,21,25H,3-7,12-16H2,1-2H3,(H,26,27). The molecule has 0 aliphatic carbocycles. The first kappa shape index (κ1) is 21.5. The van der Waals surface area contributed by atoms with Crippen LogP contribution < -0.4 is 0 Å². The first-order chi connectivity index (χ1) is 12.9. The topological polar surface area (TPSA) is 64.0 Å². The molecule has 0 spiro atoms. The number of hydrogen-bond acceptors (Lipinski definition) is 4. The van der Waals surface area contributed by atoms with Gasteiger partial charge in [-0.1, -0.05) is 39.0 Å². The van der Waals surface area contributed by atoms with Gasteiger partial charge < -0.3 is 15.2 Å². The molecule has 5 nitrogen and oxygen atoms in total. The summed E-state index contributed by atoms with van der Waals surface area (Å²) in [5.41, 5.74) is 2.59. The van der Waals surface area contributed by atoms with Crippen LogP contribution >= 0.6 is 0 Å². The monoisotopic (exact) mass is 374 g/mol. The summed E-state index contributed by atoms with van der Waals surface area (Å²) in [5.74, 6) is -0.524. The average molecular weight is 375 g/mol. The number of hydrazine groups is 1. The minimum atomic E-state index is -0.893. The van der Waals surface area contributed by atoms with Gasteiger partial charge in [0, 0.05) is 31.8 Å². The first-order valence-electron chi connectivity index (χ1n) is 10.1. The highest BCUT2D eigenvalue weighted by molar-refractivity contribution is 5.87. The second-order valence-electron chi connectivity index (χ2n) is 7.62. The van der Waals surface area contributed by atoms with Crippen LogP contribution in [0.2, 0.25) is 0 Å². The number of hydrogen-bond donors (Lipinski definition) is 2. The second kappa shape index (κ2) is 10.5. The maximum absolute atomic E-state index is 10.9. The lowest BCUT2D eigenvalue weighted by atomic mass is 9.96. The van der Waals surface area contributed by atoms with Crippen molar-refractivity contribution in [2.45, 2.75) is 58.5 Å². The highest BCUT2D eigenvalue weighted by atomic mass is 16.4. The summed E-state index contributed by atoms with van der Waals surface area (Å²) in [6, 6.07) is 7.09. The van der Waals surface area contributed by atoms with E-state index in [0.717, 1.165) is 69.4 Å². The van der Waals surface area contributed by atoms with Crippen molar-refractivity contribution in [2.24, 2.45) is 5.92 Å². The third-order valence-corrected chi connectivity index (χ3v) is 5.50. The lowest BCUT2D eigenvalue weighted by molar-refractivity contribution is 0.0391. The molecule has 2 atom stereocenters. The van der Waals surface area contributed by atoms with Crippen LogP contribution in [0.5, 0.6) is 0 Å². The zero-order valence-electron chi connectivity index (χ0n) is 16.7. The molecule has 1 heterocycles. The molecular formula is C22H34N2O3. The quantitative estimate of drug-likeness (QED) is 0.614. The fourth-order valence-corrected chi connectivity index (χ4v) is 3.70. The van der Waals surface area contributed by atoms with E-state index in [9.17, 15) is 9.90 Å². The van der Waals surface area contributed by atoms with Crippen molar-refractivity contribution in [1.29, 1.82) is 0 Å². The van der Waals surface area contributed by atoms with Crippen molar-refractivity contribution in [1.82, 2.24) is 10.0 Å². The van der Waals surface area contributed by atoms with Crippen LogP contribution in [0.15, 0.2) is 36.5 Å². The summed E-state index contributed by atoms with van der Waals surface area (Å²) in [7, 11) is 0. The fourth-order valence-electron chi connectivity index (χ4n) is 3.70. The van der Waals surface area contributed by atoms with E-state index < -0.39 is 5.97 Å². The Bertz CT molecular complexity index is 614. The first-order valence-corrected chi connectivity index (χ1v) is 10.1. The van der Waals surface area contributed by atoms with Gasteiger partial charge in [0.25, 0.3) is 0 Å². The van der Waals surface area contributed by atoms with Crippen molar-refractivity contribution in [3.63, 3.8) is 0 Å². The third kappa shape index (κ3) is 6.36. The molecule has 2 unspecified atom stereocenters. The largest absolute Gasteiger partial charge is 0.478 e. The summed E-state index contributed by atoms with van der Waals surface area (Å²) in [5, 5.41) is 23.8. The molecule has 1 fully saturated rings. The highest BCUT2D eigenvalue weighted by Crippen LogP contribution is 2.22. The van der Waals surface area contributed by atoms with Crippen LogP contribution in [0, 0.1) is 5.92 Å². The molecule has 0 radical (unpaired) electrons. The van der Waals surface area contributed by atoms with E-state index in [1.165, 1.54) is 0 Å². The molecule has 0 aromatic heterocycles. The molecule has 0 amide bonds. The number of nitrogens with zero attached hydrogens (tertiary/aromatic N) is 2. The molecule has 5 heteroatoms. The Morgan fingerprint density at radius 3 is 2.56 bits per heavy atom. The second-order valence-corrected chi connectivity index (χ2v) is 7.62. The number of benzene rings is 1. The maximum atomic E-state index is 10.9. The Morgan fingerprint density at radius 1 is 1.22 bits per heavy atom. The SMILES string of the molecule is C=C1CCN(CCCC(O)C(C)CCC)N1CCc1ccc(C(=O)O)cc1. The van der Waals surface area contributed by atoms with Gasteiger partial charge in [-0.15, -0.1) is 0 Å². The zero-order valence-corrected chi connectivity index (χ0v) is 16.7. The number of carboxylic acid groups (broad SMARTS) is 1. The number of carboxylic acids is 1. The van der Waals surface area contributed by atoms with E-state index in [-0.39, 0.29) is 6.10 Å². The van der Waals surface area contributed by atoms with Gasteiger partial charge in [0.05, 0.1) is 11.7 Å². The van der Waals surface area contributed by atoms with Gasteiger partial charge in [-0.05, 0) is 49.3 Å². The number of aliphatic hydroxyl groups excluding tert-OH is 1. The van der Waals surface area contributed by atoms with Crippen molar-refractivity contribution < 1.29 is 15.0 Å². The third-order valence-electron chi connectivity index (χ3n) is 5.50. The van der Waals surface area contributed by atoms with Crippen molar-refractivity contribution in [2.75, 3.05) is 19.6 Å². The Morgan fingerprint density at radius 2 is 1.93 bits per heavy atom. The molecule has 0 bridgehead atoms. The summed E-state index contributed by atoms with van der Waals surface area (Å²) in [6.45, 7) is 11.2. The Labute approximate surface area is 163 Å². The van der Waals surface area contributed by atoms with E-state index >= 15 is 0 Å². The van der Waals surface area contributed by atoms with Crippen LogP contribution in [-0.4, -0.2) is 51.9 Å². The van der Waals surface area contributed by atoms with Gasteiger partial charge >= 0.3 is 5.97 Å². The Kier molecular flexibility index (Phi) is 8.32. The molecular weight excluding hydrogens is 340 g/mol. The van der Waals surface area contributed by atoms with Gasteiger partial charge in [0.2, 0.25) is 0 Å². The summed E-state index contributed by atoms with van der Waals surface area (Å²) in [4.78, 5) is 10.9. The molecule has 1 aliphatic rings. The number of carbonyl (C=O) groups is 1. The van der Waals surface area contributed by atoms with E-state index in [1.54, 1.807) is 12.1 Å². The van der Waals surface area contributed by atoms with Crippen molar-refractivity contribution >= 4 is 5.97 Å². The molecule has 2 rings (SSSR count). The lowest BCUT2D eigenvalue weighted by Crippen LogP contribution is -2.38. The molecule has 2 N–H and O–H groups in total. The summed E-state index contributed by atoms with van der Waals surface area (Å²) in [6.07, 6.45) is 5.64. The van der Waals surface area contributed by atoms with E-state index in [4.69, 9.17) is 5.11 Å². The Balaban J connectivity index is 1.80. The summed E-state index contributed by atoms with van der Waals surface area (Å²) >= 11 is 0. The van der Waals surface area contributed by atoms with Gasteiger partial charge in [0.1, 0.15) is 0 Å². The normalized spacial score (nSPS) is 17.3. The summed E-state index contributed by atoms with van der Waals surface area (Å²) < 4.78 is 0. The average Bonchev–Trinajstić information content (AvgIpc) is 3.00. The molecule has 150 valence electrons. The highest BCUT2D eigenvalue weighted by Gasteiger charge is 2.24. The predicted octanol–water partition coefficient (Wildman–Crippen LogP) is 3.94. The minimum absolute atomic E-state index is 0.211. The van der Waals surface area contributed by atoms with E-state index in [0.29, 0.717) is 11.5 Å². The van der Waals surface area contributed by atoms with Crippen molar-refractivity contribution in [3.05, 3.63) is 47.7 Å². The zero-order chi connectivity index (χ0) is 19.8. The molecule has 1 aliphatic heterocycles. The molecule has 1 aromatic carbocycles. The van der Waals surface area contributed by atoms with Gasteiger partial charge in [-0.25, -0.2) is 9.80 Å². The van der Waals surface area contributed by atoms with E-state index in [2.05, 4.69) is 30.4 Å². The lowest BCUT2D eigenvalue weighted by Gasteiger charge is -2.31. The minimum Gasteiger partial charge on any atom is -0.478 e. The number of aliphatic hydroxyl groups is 1. The van der Waals surface area contributed by atoms with Crippen LogP contribution in [0.25, 0.3) is 0 Å². The van der Waals surface area contributed by atoms with E-state index in [1.807, 2.05) is 12.1 Å². The predicted molar refractivity (Wildman–Crippen MR) is 108 cm³/mol. The molecule has 1 saturated heterocycles. The van der Waals surface area contributed by atoms with Crippen molar-refractivity contribution in [3.8, 4) is 0 Å². The number of rotatable bonds is 11. The van der Waals surface area contributed by atoms with Crippen LogP contribution in [0.3, 0.4) is 0 Å². The van der Waals surface area contributed by atoms with Crippen LogP contribution in [0.4, 0.5) is 0 Å². The molecule has 27 heavy (non-hydrogen) atoms. The smallest absolute Gasteiger partial charge is 0.335 e.